The van der Waals surface area contributed by atoms with E-state index in [1.54, 1.807) is 0 Å². The van der Waals surface area contributed by atoms with Gasteiger partial charge in [-0.05, 0) is 43.9 Å². The highest BCUT2D eigenvalue weighted by atomic mass is 16.2. The summed E-state index contributed by atoms with van der Waals surface area (Å²) in [6, 6.07) is 6.46. The molecule has 1 saturated carbocycles. The molecule has 0 heterocycles. The molecule has 0 aliphatic heterocycles. The molecule has 1 amide bonds. The van der Waals surface area contributed by atoms with Crippen LogP contribution in [0.25, 0.3) is 0 Å². The molecule has 0 saturated heterocycles. The van der Waals surface area contributed by atoms with Crippen molar-refractivity contribution >= 4 is 11.6 Å². The minimum absolute atomic E-state index is 0.135. The van der Waals surface area contributed by atoms with Crippen LogP contribution < -0.4 is 5.32 Å². The van der Waals surface area contributed by atoms with Crippen LogP contribution >= 0.6 is 0 Å². The van der Waals surface area contributed by atoms with Crippen LogP contribution in [-0.2, 0) is 0 Å². The Morgan fingerprint density at radius 2 is 2.17 bits per heavy atom. The fourth-order valence-corrected chi connectivity index (χ4v) is 2.07. The zero-order valence-electron chi connectivity index (χ0n) is 11.5. The number of amides is 1. The molecule has 98 valence electrons. The summed E-state index contributed by atoms with van der Waals surface area (Å²) >= 11 is 0. The summed E-state index contributed by atoms with van der Waals surface area (Å²) in [5.74, 6) is 0.135. The van der Waals surface area contributed by atoms with Gasteiger partial charge in [-0.25, -0.2) is 0 Å². The molecule has 1 aromatic rings. The number of carbonyl (C=O) groups excluding carboxylic acids is 1. The van der Waals surface area contributed by atoms with E-state index >= 15 is 0 Å². The van der Waals surface area contributed by atoms with Gasteiger partial charge < -0.3 is 10.2 Å². The first-order valence-electron chi connectivity index (χ1n) is 6.75. The summed E-state index contributed by atoms with van der Waals surface area (Å²) in [5, 5.41) is 3.35. The monoisotopic (exact) mass is 246 g/mol. The molecule has 1 aromatic carbocycles. The van der Waals surface area contributed by atoms with E-state index < -0.39 is 0 Å². The topological polar surface area (TPSA) is 32.3 Å². The smallest absolute Gasteiger partial charge is 0.255 e. The molecule has 1 aliphatic rings. The Bertz CT molecular complexity index is 438. The second-order valence-corrected chi connectivity index (χ2v) is 5.12. The van der Waals surface area contributed by atoms with Gasteiger partial charge >= 0.3 is 0 Å². The molecular formula is C15H22N2O. The number of rotatable bonds is 5. The molecule has 0 unspecified atom stereocenters. The van der Waals surface area contributed by atoms with Crippen molar-refractivity contribution in [2.45, 2.75) is 39.2 Å². The lowest BCUT2D eigenvalue weighted by atomic mass is 10.1. The van der Waals surface area contributed by atoms with Crippen LogP contribution in [0.5, 0.6) is 0 Å². The fourth-order valence-electron chi connectivity index (χ4n) is 2.07. The van der Waals surface area contributed by atoms with Crippen LogP contribution in [0.15, 0.2) is 18.2 Å². The maximum atomic E-state index is 12.4. The average Bonchev–Trinajstić information content (AvgIpc) is 3.19. The Balaban J connectivity index is 2.21. The van der Waals surface area contributed by atoms with Crippen LogP contribution in [0.4, 0.5) is 5.69 Å². The maximum Gasteiger partial charge on any atom is 0.255 e. The van der Waals surface area contributed by atoms with Crippen molar-refractivity contribution in [3.8, 4) is 0 Å². The molecule has 0 atom stereocenters. The molecule has 0 bridgehead atoms. The van der Waals surface area contributed by atoms with Gasteiger partial charge in [-0.3, -0.25) is 4.79 Å². The van der Waals surface area contributed by atoms with Crippen molar-refractivity contribution in [3.05, 3.63) is 29.3 Å². The van der Waals surface area contributed by atoms with Gasteiger partial charge in [0.2, 0.25) is 0 Å². The van der Waals surface area contributed by atoms with Crippen LogP contribution in [0, 0.1) is 6.92 Å². The third-order valence-corrected chi connectivity index (χ3v) is 3.39. The van der Waals surface area contributed by atoms with Gasteiger partial charge in [0, 0.05) is 25.3 Å². The SMILES string of the molecule is CCCNc1cc(C)ccc1C(=O)N(C)C1CC1. The first-order valence-corrected chi connectivity index (χ1v) is 6.75. The lowest BCUT2D eigenvalue weighted by Crippen LogP contribution is -2.29. The zero-order chi connectivity index (χ0) is 13.1. The van der Waals surface area contributed by atoms with Gasteiger partial charge in [-0.1, -0.05) is 13.0 Å². The molecule has 3 nitrogen and oxygen atoms in total. The number of hydrogen-bond acceptors (Lipinski definition) is 2. The molecule has 18 heavy (non-hydrogen) atoms. The lowest BCUT2D eigenvalue weighted by Gasteiger charge is -2.19. The van der Waals surface area contributed by atoms with Gasteiger partial charge in [0.05, 0.1) is 5.56 Å². The van der Waals surface area contributed by atoms with E-state index in [4.69, 9.17) is 0 Å². The number of hydrogen-bond donors (Lipinski definition) is 1. The summed E-state index contributed by atoms with van der Waals surface area (Å²) < 4.78 is 0. The lowest BCUT2D eigenvalue weighted by molar-refractivity contribution is 0.0786. The highest BCUT2D eigenvalue weighted by Crippen LogP contribution is 2.28. The van der Waals surface area contributed by atoms with E-state index in [9.17, 15) is 4.79 Å². The highest BCUT2D eigenvalue weighted by Gasteiger charge is 2.30. The number of benzene rings is 1. The fraction of sp³-hybridized carbons (Fsp3) is 0.533. The predicted molar refractivity (Wildman–Crippen MR) is 75.1 cm³/mol. The van der Waals surface area contributed by atoms with Gasteiger partial charge in [-0.15, -0.1) is 0 Å². The number of aryl methyl sites for hydroxylation is 1. The minimum Gasteiger partial charge on any atom is -0.384 e. The minimum atomic E-state index is 0.135. The molecule has 1 N–H and O–H groups in total. The third-order valence-electron chi connectivity index (χ3n) is 3.39. The van der Waals surface area contributed by atoms with E-state index in [2.05, 4.69) is 25.2 Å². The van der Waals surface area contributed by atoms with Gasteiger partial charge in [0.15, 0.2) is 0 Å². The summed E-state index contributed by atoms with van der Waals surface area (Å²) in [5.41, 5.74) is 2.94. The molecule has 1 aliphatic carbocycles. The van der Waals surface area contributed by atoms with Gasteiger partial charge in [0.25, 0.3) is 5.91 Å². The van der Waals surface area contributed by atoms with E-state index in [0.717, 1.165) is 37.1 Å². The Morgan fingerprint density at radius 1 is 1.44 bits per heavy atom. The number of anilines is 1. The second-order valence-electron chi connectivity index (χ2n) is 5.12. The van der Waals surface area contributed by atoms with Crippen molar-refractivity contribution in [1.82, 2.24) is 4.90 Å². The molecule has 0 aromatic heterocycles. The molecule has 0 spiro atoms. The number of nitrogens with one attached hydrogen (secondary N) is 1. The highest BCUT2D eigenvalue weighted by molar-refractivity contribution is 6.00. The molecule has 3 heteroatoms. The van der Waals surface area contributed by atoms with Crippen molar-refractivity contribution in [1.29, 1.82) is 0 Å². The standard InChI is InChI=1S/C15H22N2O/c1-4-9-16-14-10-11(2)5-8-13(14)15(18)17(3)12-6-7-12/h5,8,10,12,16H,4,6-7,9H2,1-3H3. The van der Waals surface area contributed by atoms with Gasteiger partial charge in [-0.2, -0.15) is 0 Å². The molecule has 1 fully saturated rings. The van der Waals surface area contributed by atoms with E-state index in [1.165, 1.54) is 5.56 Å². The Hall–Kier alpha value is -1.51. The zero-order valence-corrected chi connectivity index (χ0v) is 11.5. The van der Waals surface area contributed by atoms with Crippen molar-refractivity contribution < 1.29 is 4.79 Å². The van der Waals surface area contributed by atoms with E-state index in [0.29, 0.717) is 6.04 Å². The van der Waals surface area contributed by atoms with E-state index in [1.807, 2.05) is 24.1 Å². The largest absolute Gasteiger partial charge is 0.384 e. The average molecular weight is 246 g/mol. The summed E-state index contributed by atoms with van der Waals surface area (Å²) in [7, 11) is 1.91. The Morgan fingerprint density at radius 3 is 2.78 bits per heavy atom. The molecular weight excluding hydrogens is 224 g/mol. The number of carbonyl (C=O) groups is 1. The second kappa shape index (κ2) is 5.42. The summed E-state index contributed by atoms with van der Waals surface area (Å²) in [4.78, 5) is 14.3. The van der Waals surface area contributed by atoms with Crippen molar-refractivity contribution in [3.63, 3.8) is 0 Å². The predicted octanol–water partition coefficient (Wildman–Crippen LogP) is 3.05. The van der Waals surface area contributed by atoms with Crippen LogP contribution in [0.1, 0.15) is 42.1 Å². The maximum absolute atomic E-state index is 12.4. The van der Waals surface area contributed by atoms with Gasteiger partial charge in [0.1, 0.15) is 0 Å². The van der Waals surface area contributed by atoms with Crippen molar-refractivity contribution in [2.24, 2.45) is 0 Å². The number of nitrogens with zero attached hydrogens (tertiary/aromatic N) is 1. The molecule has 0 radical (unpaired) electrons. The third kappa shape index (κ3) is 2.84. The summed E-state index contributed by atoms with van der Waals surface area (Å²) in [6.45, 7) is 5.08. The van der Waals surface area contributed by atoms with E-state index in [-0.39, 0.29) is 5.91 Å². The quantitative estimate of drug-likeness (QED) is 0.866. The first-order chi connectivity index (χ1) is 8.63. The summed E-state index contributed by atoms with van der Waals surface area (Å²) in [6.07, 6.45) is 3.34. The first kappa shape index (κ1) is 12.9. The molecule has 2 rings (SSSR count). The normalized spacial score (nSPS) is 14.4. The van der Waals surface area contributed by atoms with Crippen LogP contribution in [-0.4, -0.2) is 30.4 Å². The van der Waals surface area contributed by atoms with Crippen LogP contribution in [0.3, 0.4) is 0 Å². The van der Waals surface area contributed by atoms with Crippen molar-refractivity contribution in [2.75, 3.05) is 18.9 Å². The van der Waals surface area contributed by atoms with Crippen LogP contribution in [0.2, 0.25) is 0 Å². The Labute approximate surface area is 109 Å². The Kier molecular flexibility index (Phi) is 3.90.